The molecule has 4 nitrogen and oxygen atoms in total. The lowest BCUT2D eigenvalue weighted by atomic mass is 9.87. The third kappa shape index (κ3) is 5.76. The summed E-state index contributed by atoms with van der Waals surface area (Å²) in [6, 6.07) is 6.94. The first-order valence-electron chi connectivity index (χ1n) is 7.21. The summed E-state index contributed by atoms with van der Waals surface area (Å²) in [7, 11) is 0. The minimum atomic E-state index is -1.08. The average molecular weight is 311 g/mol. The number of carbonyl (C=O) groups is 2. The SMILES string of the molecule is CCCC[C@H](C(=O)[O-])[C@H](C)CC(=O)Nc1ccccc1Cl. The van der Waals surface area contributed by atoms with E-state index >= 15 is 0 Å². The normalized spacial score (nSPS) is 13.5. The van der Waals surface area contributed by atoms with E-state index in [2.05, 4.69) is 5.32 Å². The number of amides is 1. The molecule has 1 aromatic rings. The van der Waals surface area contributed by atoms with Crippen LogP contribution in [-0.2, 0) is 9.59 Å². The second-order valence-corrected chi connectivity index (χ2v) is 5.68. The Balaban J connectivity index is 2.60. The molecular formula is C16H21ClNO3-. The van der Waals surface area contributed by atoms with Crippen molar-refractivity contribution in [3.63, 3.8) is 0 Å². The number of hydrogen-bond acceptors (Lipinski definition) is 3. The summed E-state index contributed by atoms with van der Waals surface area (Å²) in [6.45, 7) is 3.77. The molecule has 1 N–H and O–H groups in total. The van der Waals surface area contributed by atoms with Crippen molar-refractivity contribution in [2.75, 3.05) is 5.32 Å². The van der Waals surface area contributed by atoms with E-state index in [9.17, 15) is 14.7 Å². The number of hydrogen-bond donors (Lipinski definition) is 1. The molecule has 5 heteroatoms. The summed E-state index contributed by atoms with van der Waals surface area (Å²) >= 11 is 5.97. The molecule has 0 aliphatic carbocycles. The van der Waals surface area contributed by atoms with Gasteiger partial charge in [-0.15, -0.1) is 0 Å². The van der Waals surface area contributed by atoms with Crippen LogP contribution in [0, 0.1) is 11.8 Å². The highest BCUT2D eigenvalue weighted by atomic mass is 35.5. The van der Waals surface area contributed by atoms with Gasteiger partial charge in [-0.1, -0.05) is 50.4 Å². The van der Waals surface area contributed by atoms with E-state index in [-0.39, 0.29) is 18.2 Å². The van der Waals surface area contributed by atoms with Crippen molar-refractivity contribution in [3.05, 3.63) is 29.3 Å². The molecule has 0 spiro atoms. The highest BCUT2D eigenvalue weighted by Gasteiger charge is 2.21. The van der Waals surface area contributed by atoms with Crippen LogP contribution in [0.1, 0.15) is 39.5 Å². The Kier molecular flexibility index (Phi) is 7.23. The molecule has 0 aromatic heterocycles. The molecule has 0 heterocycles. The Bertz CT molecular complexity index is 490. The molecular weight excluding hydrogens is 290 g/mol. The molecule has 0 radical (unpaired) electrons. The lowest BCUT2D eigenvalue weighted by Crippen LogP contribution is -2.36. The number of carboxylic acids is 1. The van der Waals surface area contributed by atoms with E-state index in [1.54, 1.807) is 31.2 Å². The Hall–Kier alpha value is -1.55. The van der Waals surface area contributed by atoms with Crippen LogP contribution in [-0.4, -0.2) is 11.9 Å². The van der Waals surface area contributed by atoms with E-state index in [4.69, 9.17) is 11.6 Å². The molecule has 0 aliphatic heterocycles. The van der Waals surface area contributed by atoms with Gasteiger partial charge in [-0.2, -0.15) is 0 Å². The van der Waals surface area contributed by atoms with Crippen LogP contribution in [0.15, 0.2) is 24.3 Å². The second kappa shape index (κ2) is 8.67. The summed E-state index contributed by atoms with van der Waals surface area (Å²) in [6.07, 6.45) is 2.41. The zero-order valence-electron chi connectivity index (χ0n) is 12.4. The Labute approximate surface area is 130 Å². The van der Waals surface area contributed by atoms with Crippen LogP contribution < -0.4 is 10.4 Å². The van der Waals surface area contributed by atoms with Gasteiger partial charge >= 0.3 is 0 Å². The molecule has 0 fully saturated rings. The Morgan fingerprint density at radius 2 is 2.00 bits per heavy atom. The van der Waals surface area contributed by atoms with Gasteiger partial charge in [-0.3, -0.25) is 4.79 Å². The maximum absolute atomic E-state index is 12.0. The molecule has 0 bridgehead atoms. The minimum absolute atomic E-state index is 0.133. The predicted octanol–water partition coefficient (Wildman–Crippen LogP) is 2.86. The number of carbonyl (C=O) groups excluding carboxylic acids is 2. The van der Waals surface area contributed by atoms with Crippen molar-refractivity contribution in [3.8, 4) is 0 Å². The smallest absolute Gasteiger partial charge is 0.224 e. The third-order valence-electron chi connectivity index (χ3n) is 3.51. The fourth-order valence-electron chi connectivity index (χ4n) is 2.26. The van der Waals surface area contributed by atoms with E-state index in [1.165, 1.54) is 0 Å². The van der Waals surface area contributed by atoms with Crippen molar-refractivity contribution < 1.29 is 14.7 Å². The molecule has 21 heavy (non-hydrogen) atoms. The molecule has 2 atom stereocenters. The first-order chi connectivity index (χ1) is 9.95. The molecule has 0 unspecified atom stereocenters. The number of halogens is 1. The lowest BCUT2D eigenvalue weighted by Gasteiger charge is -2.24. The van der Waals surface area contributed by atoms with Crippen LogP contribution in [0.5, 0.6) is 0 Å². The summed E-state index contributed by atoms with van der Waals surface area (Å²) < 4.78 is 0. The summed E-state index contributed by atoms with van der Waals surface area (Å²) in [5, 5.41) is 14.3. The zero-order valence-corrected chi connectivity index (χ0v) is 13.2. The molecule has 0 saturated heterocycles. The highest BCUT2D eigenvalue weighted by molar-refractivity contribution is 6.33. The van der Waals surface area contributed by atoms with E-state index < -0.39 is 11.9 Å². The lowest BCUT2D eigenvalue weighted by molar-refractivity contribution is -0.313. The molecule has 116 valence electrons. The van der Waals surface area contributed by atoms with Crippen molar-refractivity contribution in [2.45, 2.75) is 39.5 Å². The van der Waals surface area contributed by atoms with Gasteiger partial charge in [0.05, 0.1) is 10.7 Å². The molecule has 0 aliphatic rings. The maximum Gasteiger partial charge on any atom is 0.224 e. The van der Waals surface area contributed by atoms with E-state index in [1.807, 2.05) is 6.92 Å². The Morgan fingerprint density at radius 1 is 1.33 bits per heavy atom. The second-order valence-electron chi connectivity index (χ2n) is 5.28. The van der Waals surface area contributed by atoms with E-state index in [0.29, 0.717) is 17.1 Å². The van der Waals surface area contributed by atoms with Crippen molar-refractivity contribution in [1.82, 2.24) is 0 Å². The monoisotopic (exact) mass is 310 g/mol. The average Bonchev–Trinajstić information content (AvgIpc) is 2.41. The number of rotatable bonds is 8. The van der Waals surface area contributed by atoms with Crippen molar-refractivity contribution in [1.29, 1.82) is 0 Å². The van der Waals surface area contributed by atoms with Crippen molar-refractivity contribution in [2.24, 2.45) is 11.8 Å². The topological polar surface area (TPSA) is 69.2 Å². The largest absolute Gasteiger partial charge is 0.550 e. The van der Waals surface area contributed by atoms with Crippen LogP contribution in [0.4, 0.5) is 5.69 Å². The Morgan fingerprint density at radius 3 is 2.57 bits per heavy atom. The number of anilines is 1. The van der Waals surface area contributed by atoms with Gasteiger partial charge in [-0.25, -0.2) is 0 Å². The molecule has 1 rings (SSSR count). The molecule has 1 amide bonds. The summed E-state index contributed by atoms with van der Waals surface area (Å²) in [5.41, 5.74) is 0.537. The first kappa shape index (κ1) is 17.5. The number of carboxylic acid groups (broad SMARTS) is 1. The van der Waals surface area contributed by atoms with Crippen LogP contribution in [0.25, 0.3) is 0 Å². The number of nitrogens with one attached hydrogen (secondary N) is 1. The number of benzene rings is 1. The van der Waals surface area contributed by atoms with Gasteiger partial charge in [0, 0.05) is 18.3 Å². The van der Waals surface area contributed by atoms with E-state index in [0.717, 1.165) is 12.8 Å². The molecule has 0 saturated carbocycles. The van der Waals surface area contributed by atoms with Gasteiger partial charge in [0.15, 0.2) is 0 Å². The van der Waals surface area contributed by atoms with Gasteiger partial charge in [0.25, 0.3) is 0 Å². The van der Waals surface area contributed by atoms with Gasteiger partial charge in [0.2, 0.25) is 5.91 Å². The standard InChI is InChI=1S/C16H22ClNO3/c1-3-4-7-12(16(20)21)11(2)10-15(19)18-14-9-6-5-8-13(14)17/h5-6,8-9,11-12H,3-4,7,10H2,1-2H3,(H,18,19)(H,20,21)/p-1/t11-,12+/m1/s1. The predicted molar refractivity (Wildman–Crippen MR) is 81.9 cm³/mol. The highest BCUT2D eigenvalue weighted by Crippen LogP contribution is 2.24. The number of unbranched alkanes of at least 4 members (excludes halogenated alkanes) is 1. The quantitative estimate of drug-likeness (QED) is 0.802. The van der Waals surface area contributed by atoms with Crippen LogP contribution in [0.3, 0.4) is 0 Å². The number of aliphatic carboxylic acids is 1. The number of para-hydroxylation sites is 1. The summed E-state index contributed by atoms with van der Waals surface area (Å²) in [4.78, 5) is 23.2. The van der Waals surface area contributed by atoms with Gasteiger partial charge < -0.3 is 15.2 Å². The van der Waals surface area contributed by atoms with Gasteiger partial charge in [0.1, 0.15) is 0 Å². The van der Waals surface area contributed by atoms with Gasteiger partial charge in [-0.05, 0) is 24.5 Å². The van der Waals surface area contributed by atoms with Crippen molar-refractivity contribution >= 4 is 29.2 Å². The van der Waals surface area contributed by atoms with Crippen LogP contribution in [0.2, 0.25) is 5.02 Å². The third-order valence-corrected chi connectivity index (χ3v) is 3.84. The zero-order chi connectivity index (χ0) is 15.8. The fourth-order valence-corrected chi connectivity index (χ4v) is 2.44. The van der Waals surface area contributed by atoms with Crippen LogP contribution >= 0.6 is 11.6 Å². The first-order valence-corrected chi connectivity index (χ1v) is 7.58. The maximum atomic E-state index is 12.0. The summed E-state index contributed by atoms with van der Waals surface area (Å²) in [5.74, 6) is -2.19. The molecule has 1 aromatic carbocycles. The minimum Gasteiger partial charge on any atom is -0.550 e. The fraction of sp³-hybridized carbons (Fsp3) is 0.500.